The summed E-state index contributed by atoms with van der Waals surface area (Å²) in [6, 6.07) is 9.94. The number of amides is 1. The third-order valence-corrected chi connectivity index (χ3v) is 5.80. The number of hydrogen-bond donors (Lipinski definition) is 1. The lowest BCUT2D eigenvalue weighted by Gasteiger charge is -2.29. The first-order valence-corrected chi connectivity index (χ1v) is 10.5. The fourth-order valence-electron chi connectivity index (χ4n) is 2.86. The molecule has 5 nitrogen and oxygen atoms in total. The van der Waals surface area contributed by atoms with E-state index in [1.54, 1.807) is 0 Å². The van der Waals surface area contributed by atoms with Crippen LogP contribution in [0.2, 0.25) is 0 Å². The molecular formula is C20H25FN2O3S. The van der Waals surface area contributed by atoms with Gasteiger partial charge >= 0.3 is 0 Å². The van der Waals surface area contributed by atoms with Gasteiger partial charge in [0.25, 0.3) is 0 Å². The Balaban J connectivity index is 2.27. The monoisotopic (exact) mass is 392 g/mol. The molecule has 7 heteroatoms. The van der Waals surface area contributed by atoms with Gasteiger partial charge in [-0.25, -0.2) is 12.8 Å². The van der Waals surface area contributed by atoms with Gasteiger partial charge in [-0.2, -0.15) is 0 Å². The van der Waals surface area contributed by atoms with E-state index in [2.05, 4.69) is 5.32 Å². The minimum absolute atomic E-state index is 0.151. The molecule has 2 aromatic carbocycles. The Morgan fingerprint density at radius 2 is 1.70 bits per heavy atom. The SMILES string of the molecule is Cc1ccc([C@@H](C)NC(=O)[C@@H](C)N(c2ccccc2F)S(C)(=O)=O)cc1C. The molecule has 0 saturated heterocycles. The Morgan fingerprint density at radius 3 is 2.26 bits per heavy atom. The second kappa shape index (κ2) is 8.08. The first-order valence-electron chi connectivity index (χ1n) is 8.64. The summed E-state index contributed by atoms with van der Waals surface area (Å²) in [4.78, 5) is 12.7. The minimum Gasteiger partial charge on any atom is -0.348 e. The van der Waals surface area contributed by atoms with E-state index in [4.69, 9.17) is 0 Å². The van der Waals surface area contributed by atoms with Gasteiger partial charge < -0.3 is 5.32 Å². The largest absolute Gasteiger partial charge is 0.348 e. The molecular weight excluding hydrogens is 367 g/mol. The number of benzene rings is 2. The zero-order chi connectivity index (χ0) is 20.4. The van der Waals surface area contributed by atoms with Gasteiger partial charge in [0.1, 0.15) is 11.9 Å². The maximum absolute atomic E-state index is 14.2. The smallest absolute Gasteiger partial charge is 0.244 e. The van der Waals surface area contributed by atoms with E-state index >= 15 is 0 Å². The maximum Gasteiger partial charge on any atom is 0.244 e. The zero-order valence-corrected chi connectivity index (χ0v) is 17.0. The molecule has 2 aromatic rings. The quantitative estimate of drug-likeness (QED) is 0.819. The Labute approximate surface area is 160 Å². The summed E-state index contributed by atoms with van der Waals surface area (Å²) in [5, 5.41) is 2.82. The second-order valence-electron chi connectivity index (χ2n) is 6.76. The summed E-state index contributed by atoms with van der Waals surface area (Å²) < 4.78 is 39.5. The van der Waals surface area contributed by atoms with Crippen LogP contribution in [-0.2, 0) is 14.8 Å². The van der Waals surface area contributed by atoms with Gasteiger partial charge in [-0.15, -0.1) is 0 Å². The van der Waals surface area contributed by atoms with Gasteiger partial charge in [0.2, 0.25) is 15.9 Å². The maximum atomic E-state index is 14.2. The molecule has 0 spiro atoms. The van der Waals surface area contributed by atoms with Gasteiger partial charge in [-0.3, -0.25) is 9.10 Å². The molecule has 0 bridgehead atoms. The number of halogens is 1. The number of rotatable bonds is 6. The first-order chi connectivity index (χ1) is 12.5. The van der Waals surface area contributed by atoms with Crippen molar-refractivity contribution in [3.05, 3.63) is 65.0 Å². The lowest BCUT2D eigenvalue weighted by atomic mass is 10.0. The number of sulfonamides is 1. The summed E-state index contributed by atoms with van der Waals surface area (Å²) in [6.45, 7) is 7.25. The Bertz CT molecular complexity index is 944. The van der Waals surface area contributed by atoms with E-state index in [1.165, 1.54) is 25.1 Å². The number of para-hydroxylation sites is 1. The summed E-state index contributed by atoms with van der Waals surface area (Å²) in [7, 11) is -3.86. The highest BCUT2D eigenvalue weighted by Crippen LogP contribution is 2.24. The molecule has 0 heterocycles. The second-order valence-corrected chi connectivity index (χ2v) is 8.62. The van der Waals surface area contributed by atoms with Crippen molar-refractivity contribution >= 4 is 21.6 Å². The summed E-state index contributed by atoms with van der Waals surface area (Å²) in [6.07, 6.45) is 0.954. The van der Waals surface area contributed by atoms with Gasteiger partial charge in [0.05, 0.1) is 18.0 Å². The van der Waals surface area contributed by atoms with Crippen molar-refractivity contribution in [2.24, 2.45) is 0 Å². The normalized spacial score (nSPS) is 13.7. The fraction of sp³-hybridized carbons (Fsp3) is 0.350. The van der Waals surface area contributed by atoms with Gasteiger partial charge in [0.15, 0.2) is 0 Å². The highest BCUT2D eigenvalue weighted by Gasteiger charge is 2.31. The van der Waals surface area contributed by atoms with Crippen molar-refractivity contribution in [2.75, 3.05) is 10.6 Å². The molecule has 27 heavy (non-hydrogen) atoms. The van der Waals surface area contributed by atoms with Crippen molar-refractivity contribution in [2.45, 2.75) is 39.8 Å². The van der Waals surface area contributed by atoms with E-state index in [0.29, 0.717) is 0 Å². The Morgan fingerprint density at radius 1 is 1.07 bits per heavy atom. The standard InChI is InChI=1S/C20H25FN2O3S/c1-13-10-11-17(12-14(13)2)15(3)22-20(24)16(4)23(27(5,25)26)19-9-7-6-8-18(19)21/h6-12,15-16H,1-5H3,(H,22,24)/t15-,16-/m1/s1. The highest BCUT2D eigenvalue weighted by molar-refractivity contribution is 7.92. The van der Waals surface area contributed by atoms with Crippen molar-refractivity contribution in [3.63, 3.8) is 0 Å². The minimum atomic E-state index is -3.86. The van der Waals surface area contributed by atoms with Crippen LogP contribution in [-0.4, -0.2) is 26.6 Å². The topological polar surface area (TPSA) is 66.5 Å². The lowest BCUT2D eigenvalue weighted by molar-refractivity contribution is -0.122. The first kappa shape index (κ1) is 20.9. The van der Waals surface area contributed by atoms with Crippen molar-refractivity contribution < 1.29 is 17.6 Å². The number of hydrogen-bond acceptors (Lipinski definition) is 3. The average molecular weight is 392 g/mol. The molecule has 0 aliphatic heterocycles. The number of carbonyl (C=O) groups excluding carboxylic acids is 1. The van der Waals surface area contributed by atoms with Crippen molar-refractivity contribution in [3.8, 4) is 0 Å². The molecule has 0 aliphatic rings. The van der Waals surface area contributed by atoms with E-state index in [1.807, 2.05) is 39.0 Å². The van der Waals surface area contributed by atoms with Crippen LogP contribution in [0.5, 0.6) is 0 Å². The number of anilines is 1. The van der Waals surface area contributed by atoms with Crippen LogP contribution in [0.3, 0.4) is 0 Å². The number of nitrogens with one attached hydrogen (secondary N) is 1. The van der Waals surface area contributed by atoms with E-state index < -0.39 is 27.8 Å². The fourth-order valence-corrected chi connectivity index (χ4v) is 4.04. The van der Waals surface area contributed by atoms with Gasteiger partial charge in [-0.05, 0) is 56.5 Å². The number of aryl methyl sites for hydroxylation is 2. The van der Waals surface area contributed by atoms with Crippen LogP contribution in [0.15, 0.2) is 42.5 Å². The van der Waals surface area contributed by atoms with Crippen LogP contribution in [0, 0.1) is 19.7 Å². The van der Waals surface area contributed by atoms with Crippen LogP contribution in [0.1, 0.15) is 36.6 Å². The lowest BCUT2D eigenvalue weighted by Crippen LogP contribution is -2.48. The third kappa shape index (κ3) is 4.86. The van der Waals surface area contributed by atoms with Crippen LogP contribution in [0.4, 0.5) is 10.1 Å². The van der Waals surface area contributed by atoms with Crippen LogP contribution < -0.4 is 9.62 Å². The molecule has 0 radical (unpaired) electrons. The molecule has 1 amide bonds. The van der Waals surface area contributed by atoms with E-state index in [9.17, 15) is 17.6 Å². The molecule has 0 aromatic heterocycles. The van der Waals surface area contributed by atoms with Gasteiger partial charge in [0, 0.05) is 0 Å². The van der Waals surface area contributed by atoms with Gasteiger partial charge in [-0.1, -0.05) is 30.3 Å². The summed E-state index contributed by atoms with van der Waals surface area (Å²) in [5.74, 6) is -1.21. The molecule has 1 N–H and O–H groups in total. The van der Waals surface area contributed by atoms with Crippen LogP contribution in [0.25, 0.3) is 0 Å². The predicted octanol–water partition coefficient (Wildman–Crippen LogP) is 3.47. The predicted molar refractivity (Wildman–Crippen MR) is 106 cm³/mol. The molecule has 0 aliphatic carbocycles. The molecule has 0 saturated carbocycles. The molecule has 0 unspecified atom stereocenters. The van der Waals surface area contributed by atoms with E-state index in [-0.39, 0.29) is 11.7 Å². The molecule has 2 atom stereocenters. The molecule has 0 fully saturated rings. The summed E-state index contributed by atoms with van der Waals surface area (Å²) >= 11 is 0. The Kier molecular flexibility index (Phi) is 6.26. The van der Waals surface area contributed by atoms with Crippen molar-refractivity contribution in [1.29, 1.82) is 0 Å². The van der Waals surface area contributed by atoms with Crippen LogP contribution >= 0.6 is 0 Å². The summed E-state index contributed by atoms with van der Waals surface area (Å²) in [5.41, 5.74) is 3.01. The average Bonchev–Trinajstić information content (AvgIpc) is 2.57. The number of carbonyl (C=O) groups is 1. The van der Waals surface area contributed by atoms with E-state index in [0.717, 1.165) is 33.3 Å². The van der Waals surface area contributed by atoms with Crippen molar-refractivity contribution in [1.82, 2.24) is 5.32 Å². The molecule has 146 valence electrons. The zero-order valence-electron chi connectivity index (χ0n) is 16.2. The highest BCUT2D eigenvalue weighted by atomic mass is 32.2. The molecule has 2 rings (SSSR count). The Hall–Kier alpha value is -2.41. The third-order valence-electron chi connectivity index (χ3n) is 4.57. The number of nitrogens with zero attached hydrogens (tertiary/aromatic N) is 1.